The first-order valence-corrected chi connectivity index (χ1v) is 11.3. The standard InChI is InChI=1S/C26H39N3/c1-3-19-29(20-4-2)21-9-8-17-27-22-25-12-14-26(15-13-25)23-28-18-16-24-10-6-5-7-11-24/h5-7,10-15,18,27H,3-4,8-9,16-17,19-23H2,1-2H3/b28-18+. The largest absolute Gasteiger partial charge is 0.313 e. The molecule has 1 N–H and O–H groups in total. The lowest BCUT2D eigenvalue weighted by molar-refractivity contribution is 0.268. The molecule has 0 unspecified atom stereocenters. The van der Waals surface area contributed by atoms with Crippen LogP contribution in [0.25, 0.3) is 0 Å². The molecule has 158 valence electrons. The second-order valence-corrected chi connectivity index (χ2v) is 7.76. The van der Waals surface area contributed by atoms with E-state index in [9.17, 15) is 0 Å². The van der Waals surface area contributed by atoms with Crippen molar-refractivity contribution in [2.24, 2.45) is 4.99 Å². The van der Waals surface area contributed by atoms with Gasteiger partial charge in [0.2, 0.25) is 0 Å². The van der Waals surface area contributed by atoms with Crippen molar-refractivity contribution in [3.63, 3.8) is 0 Å². The summed E-state index contributed by atoms with van der Waals surface area (Å²) in [6.07, 6.45) is 7.97. The molecular weight excluding hydrogens is 354 g/mol. The molecule has 0 heterocycles. The molecule has 0 bridgehead atoms. The van der Waals surface area contributed by atoms with Crippen LogP contribution in [-0.2, 0) is 19.5 Å². The molecule has 0 spiro atoms. The highest BCUT2D eigenvalue weighted by Gasteiger charge is 2.01. The van der Waals surface area contributed by atoms with Gasteiger partial charge in [0, 0.05) is 19.2 Å². The molecule has 2 rings (SSSR count). The fourth-order valence-electron chi connectivity index (χ4n) is 3.50. The van der Waals surface area contributed by atoms with Gasteiger partial charge in [0.15, 0.2) is 0 Å². The number of aliphatic imine (C=N–C) groups is 1. The van der Waals surface area contributed by atoms with Gasteiger partial charge in [-0.1, -0.05) is 68.4 Å². The summed E-state index contributed by atoms with van der Waals surface area (Å²) in [5.74, 6) is 0. The van der Waals surface area contributed by atoms with E-state index < -0.39 is 0 Å². The zero-order valence-corrected chi connectivity index (χ0v) is 18.4. The number of benzene rings is 2. The third-order valence-electron chi connectivity index (χ3n) is 5.08. The van der Waals surface area contributed by atoms with Crippen LogP contribution in [0.3, 0.4) is 0 Å². The van der Waals surface area contributed by atoms with Gasteiger partial charge in [0.05, 0.1) is 6.54 Å². The summed E-state index contributed by atoms with van der Waals surface area (Å²) in [6, 6.07) is 19.3. The van der Waals surface area contributed by atoms with Gasteiger partial charge in [0.1, 0.15) is 0 Å². The molecule has 0 aliphatic carbocycles. The highest BCUT2D eigenvalue weighted by molar-refractivity contribution is 5.61. The average molecular weight is 394 g/mol. The molecular formula is C26H39N3. The van der Waals surface area contributed by atoms with Crippen molar-refractivity contribution in [1.82, 2.24) is 10.2 Å². The lowest BCUT2D eigenvalue weighted by Crippen LogP contribution is -2.27. The van der Waals surface area contributed by atoms with E-state index in [0.717, 1.165) is 26.1 Å². The quantitative estimate of drug-likeness (QED) is 0.320. The van der Waals surface area contributed by atoms with Gasteiger partial charge in [-0.2, -0.15) is 0 Å². The molecule has 0 atom stereocenters. The van der Waals surface area contributed by atoms with Gasteiger partial charge in [-0.15, -0.1) is 0 Å². The zero-order valence-electron chi connectivity index (χ0n) is 18.4. The van der Waals surface area contributed by atoms with E-state index in [1.54, 1.807) is 0 Å². The first-order valence-electron chi connectivity index (χ1n) is 11.3. The van der Waals surface area contributed by atoms with Gasteiger partial charge in [-0.25, -0.2) is 0 Å². The Morgan fingerprint density at radius 1 is 0.793 bits per heavy atom. The van der Waals surface area contributed by atoms with Crippen LogP contribution in [0.2, 0.25) is 0 Å². The average Bonchev–Trinajstić information content (AvgIpc) is 2.75. The summed E-state index contributed by atoms with van der Waals surface area (Å²) >= 11 is 0. The molecule has 0 aromatic heterocycles. The van der Waals surface area contributed by atoms with Gasteiger partial charge < -0.3 is 10.2 Å². The minimum Gasteiger partial charge on any atom is -0.313 e. The minimum atomic E-state index is 0.757. The monoisotopic (exact) mass is 393 g/mol. The zero-order chi connectivity index (χ0) is 20.6. The summed E-state index contributed by atoms with van der Waals surface area (Å²) in [6.45, 7) is 11.1. The lowest BCUT2D eigenvalue weighted by atomic mass is 10.1. The molecule has 2 aromatic carbocycles. The molecule has 29 heavy (non-hydrogen) atoms. The molecule has 0 saturated carbocycles. The molecule has 0 fully saturated rings. The maximum atomic E-state index is 4.56. The van der Waals surface area contributed by atoms with Crippen LogP contribution in [0.1, 0.15) is 56.2 Å². The summed E-state index contributed by atoms with van der Waals surface area (Å²) in [5.41, 5.74) is 3.92. The Labute approximate surface area is 178 Å². The van der Waals surface area contributed by atoms with Gasteiger partial charge in [-0.3, -0.25) is 4.99 Å². The number of hydrogen-bond acceptors (Lipinski definition) is 3. The minimum absolute atomic E-state index is 0.757. The van der Waals surface area contributed by atoms with E-state index in [-0.39, 0.29) is 0 Å². The van der Waals surface area contributed by atoms with Crippen molar-refractivity contribution in [3.05, 3.63) is 71.3 Å². The van der Waals surface area contributed by atoms with Crippen molar-refractivity contribution >= 4 is 6.21 Å². The van der Waals surface area contributed by atoms with Crippen LogP contribution in [-0.4, -0.2) is 37.3 Å². The first-order chi connectivity index (χ1) is 14.3. The second kappa shape index (κ2) is 14.9. The number of rotatable bonds is 15. The number of nitrogens with one attached hydrogen (secondary N) is 1. The van der Waals surface area contributed by atoms with Crippen LogP contribution < -0.4 is 5.32 Å². The van der Waals surface area contributed by atoms with Crippen molar-refractivity contribution < 1.29 is 0 Å². The summed E-state index contributed by atoms with van der Waals surface area (Å²) in [7, 11) is 0. The Balaban J connectivity index is 1.57. The molecule has 0 saturated heterocycles. The number of nitrogens with zero attached hydrogens (tertiary/aromatic N) is 2. The first kappa shape index (κ1) is 23.3. The van der Waals surface area contributed by atoms with Crippen molar-refractivity contribution in [2.75, 3.05) is 26.2 Å². The molecule has 2 aromatic rings. The SMILES string of the molecule is CCCN(CCC)CCCCNCc1ccc(C/N=C/Cc2ccccc2)cc1. The predicted octanol–water partition coefficient (Wildman–Crippen LogP) is 5.49. The highest BCUT2D eigenvalue weighted by atomic mass is 15.1. The van der Waals surface area contributed by atoms with Crippen LogP contribution >= 0.6 is 0 Å². The third-order valence-corrected chi connectivity index (χ3v) is 5.08. The number of hydrogen-bond donors (Lipinski definition) is 1. The topological polar surface area (TPSA) is 27.6 Å². The molecule has 0 aliphatic heterocycles. The van der Waals surface area contributed by atoms with E-state index in [1.807, 2.05) is 12.3 Å². The predicted molar refractivity (Wildman–Crippen MR) is 127 cm³/mol. The fourth-order valence-corrected chi connectivity index (χ4v) is 3.50. The lowest BCUT2D eigenvalue weighted by Gasteiger charge is -2.20. The van der Waals surface area contributed by atoms with E-state index in [1.165, 1.54) is 62.0 Å². The van der Waals surface area contributed by atoms with Crippen molar-refractivity contribution in [2.45, 2.75) is 59.0 Å². The normalized spacial score (nSPS) is 11.6. The maximum absolute atomic E-state index is 4.56. The highest BCUT2D eigenvalue weighted by Crippen LogP contribution is 2.06. The maximum Gasteiger partial charge on any atom is 0.0635 e. The van der Waals surface area contributed by atoms with Crippen LogP contribution in [0.5, 0.6) is 0 Å². The van der Waals surface area contributed by atoms with Crippen molar-refractivity contribution in [1.29, 1.82) is 0 Å². The molecule has 0 amide bonds. The second-order valence-electron chi connectivity index (χ2n) is 7.76. The molecule has 3 nitrogen and oxygen atoms in total. The van der Waals surface area contributed by atoms with E-state index in [0.29, 0.717) is 0 Å². The summed E-state index contributed by atoms with van der Waals surface area (Å²) < 4.78 is 0. The Hall–Kier alpha value is -1.97. The molecule has 3 heteroatoms. The Bertz CT molecular complexity index is 658. The van der Waals surface area contributed by atoms with Crippen molar-refractivity contribution in [3.8, 4) is 0 Å². The van der Waals surface area contributed by atoms with Gasteiger partial charge >= 0.3 is 0 Å². The Morgan fingerprint density at radius 3 is 2.17 bits per heavy atom. The van der Waals surface area contributed by atoms with Gasteiger partial charge in [-0.05, 0) is 68.6 Å². The fraction of sp³-hybridized carbons (Fsp3) is 0.500. The molecule has 0 aliphatic rings. The van der Waals surface area contributed by atoms with Crippen LogP contribution in [0.15, 0.2) is 59.6 Å². The number of unbranched alkanes of at least 4 members (excludes halogenated alkanes) is 1. The Kier molecular flexibility index (Phi) is 12.0. The third kappa shape index (κ3) is 10.4. The molecule has 0 radical (unpaired) electrons. The summed E-state index contributed by atoms with van der Waals surface area (Å²) in [5, 5.41) is 3.58. The van der Waals surface area contributed by atoms with E-state index >= 15 is 0 Å². The van der Waals surface area contributed by atoms with Gasteiger partial charge in [0.25, 0.3) is 0 Å². The summed E-state index contributed by atoms with van der Waals surface area (Å²) in [4.78, 5) is 7.16. The van der Waals surface area contributed by atoms with Crippen LogP contribution in [0.4, 0.5) is 0 Å². The van der Waals surface area contributed by atoms with E-state index in [2.05, 4.69) is 77.6 Å². The smallest absolute Gasteiger partial charge is 0.0635 e. The van der Waals surface area contributed by atoms with E-state index in [4.69, 9.17) is 0 Å². The van der Waals surface area contributed by atoms with Crippen LogP contribution in [0, 0.1) is 0 Å². The Morgan fingerprint density at radius 2 is 1.48 bits per heavy atom.